The molecule has 0 unspecified atom stereocenters. The first kappa shape index (κ1) is 19.9. The number of rotatable bonds is 7. The zero-order valence-corrected chi connectivity index (χ0v) is 17.5. The van der Waals surface area contributed by atoms with Gasteiger partial charge in [-0.05, 0) is 43.5 Å². The van der Waals surface area contributed by atoms with Gasteiger partial charge in [-0.2, -0.15) is 0 Å². The van der Waals surface area contributed by atoms with Crippen LogP contribution in [0.5, 0.6) is 11.5 Å². The van der Waals surface area contributed by atoms with Crippen LogP contribution in [0, 0.1) is 6.92 Å². The van der Waals surface area contributed by atoms with Crippen molar-refractivity contribution in [3.63, 3.8) is 0 Å². The van der Waals surface area contributed by atoms with Crippen molar-refractivity contribution in [2.24, 2.45) is 0 Å². The molecule has 2 heterocycles. The van der Waals surface area contributed by atoms with Gasteiger partial charge in [0, 0.05) is 6.54 Å². The maximum Gasteiger partial charge on any atom is 0.245 e. The van der Waals surface area contributed by atoms with Gasteiger partial charge in [0.05, 0.1) is 13.7 Å². The highest BCUT2D eigenvalue weighted by molar-refractivity contribution is 5.81. The molecular weight excluding hydrogens is 380 g/mol. The van der Waals surface area contributed by atoms with Gasteiger partial charge in [0.2, 0.25) is 5.91 Å². The van der Waals surface area contributed by atoms with Gasteiger partial charge in [-0.25, -0.2) is 0 Å². The number of methoxy groups -OCH3 is 1. The normalized spacial score (nSPS) is 15.8. The number of fused-ring (bicyclic) bond motifs is 1. The van der Waals surface area contributed by atoms with E-state index >= 15 is 0 Å². The molecule has 7 heteroatoms. The molecule has 7 nitrogen and oxygen atoms in total. The molecule has 1 aliphatic rings. The Hall–Kier alpha value is -3.35. The standard InChI is InChI=1S/C23H26N4O3/c1-16-9-10-19(20(13-16)29-3)30-15-22-25-24-21-14-26(23(28)17(2)27(21)22)12-11-18-7-5-4-6-8-18/h4-10,13,17H,11-12,14-15H2,1-3H3/t17-/m0/s1. The fourth-order valence-electron chi connectivity index (χ4n) is 3.77. The summed E-state index contributed by atoms with van der Waals surface area (Å²) in [6.45, 7) is 5.22. The van der Waals surface area contributed by atoms with Crippen LogP contribution in [0.15, 0.2) is 48.5 Å². The summed E-state index contributed by atoms with van der Waals surface area (Å²) >= 11 is 0. The van der Waals surface area contributed by atoms with E-state index in [4.69, 9.17) is 9.47 Å². The van der Waals surface area contributed by atoms with Crippen LogP contribution in [0.2, 0.25) is 0 Å². The highest BCUT2D eigenvalue weighted by Gasteiger charge is 2.33. The van der Waals surface area contributed by atoms with Gasteiger partial charge in [0.15, 0.2) is 23.1 Å². The van der Waals surface area contributed by atoms with Gasteiger partial charge in [0.1, 0.15) is 12.6 Å². The number of carbonyl (C=O) groups excluding carboxylic acids is 1. The first-order valence-electron chi connectivity index (χ1n) is 10.1. The maximum atomic E-state index is 13.0. The molecule has 0 fully saturated rings. The number of hydrogen-bond donors (Lipinski definition) is 0. The Morgan fingerprint density at radius 1 is 1.10 bits per heavy atom. The van der Waals surface area contributed by atoms with Crippen LogP contribution in [-0.4, -0.2) is 39.2 Å². The summed E-state index contributed by atoms with van der Waals surface area (Å²) < 4.78 is 13.2. The van der Waals surface area contributed by atoms with Crippen LogP contribution in [0.4, 0.5) is 0 Å². The molecule has 4 rings (SSSR count). The number of nitrogens with zero attached hydrogens (tertiary/aromatic N) is 4. The molecule has 0 N–H and O–H groups in total. The van der Waals surface area contributed by atoms with Crippen molar-refractivity contribution < 1.29 is 14.3 Å². The highest BCUT2D eigenvalue weighted by Crippen LogP contribution is 2.29. The van der Waals surface area contributed by atoms with E-state index in [2.05, 4.69) is 22.3 Å². The Bertz CT molecular complexity index is 1030. The van der Waals surface area contributed by atoms with Gasteiger partial charge < -0.3 is 14.4 Å². The third kappa shape index (κ3) is 4.01. The Labute approximate surface area is 176 Å². The molecule has 0 saturated carbocycles. The van der Waals surface area contributed by atoms with Gasteiger partial charge in [0.25, 0.3) is 0 Å². The molecule has 30 heavy (non-hydrogen) atoms. The van der Waals surface area contributed by atoms with Crippen molar-refractivity contribution >= 4 is 5.91 Å². The number of aryl methyl sites for hydroxylation is 1. The molecule has 2 aromatic carbocycles. The van der Waals surface area contributed by atoms with Gasteiger partial charge in [-0.3, -0.25) is 9.36 Å². The minimum Gasteiger partial charge on any atom is -0.493 e. The lowest BCUT2D eigenvalue weighted by atomic mass is 10.1. The fourth-order valence-corrected chi connectivity index (χ4v) is 3.77. The molecule has 0 radical (unpaired) electrons. The van der Waals surface area contributed by atoms with Crippen LogP contribution in [0.25, 0.3) is 0 Å². The second-order valence-corrected chi connectivity index (χ2v) is 7.52. The van der Waals surface area contributed by atoms with Crippen LogP contribution in [-0.2, 0) is 24.4 Å². The molecule has 0 bridgehead atoms. The average molecular weight is 406 g/mol. The van der Waals surface area contributed by atoms with E-state index in [0.717, 1.165) is 17.8 Å². The second kappa shape index (κ2) is 8.57. The van der Waals surface area contributed by atoms with Crippen molar-refractivity contribution in [1.29, 1.82) is 0 Å². The molecule has 1 atom stereocenters. The first-order chi connectivity index (χ1) is 14.6. The lowest BCUT2D eigenvalue weighted by Crippen LogP contribution is -2.43. The molecule has 3 aromatic rings. The Morgan fingerprint density at radius 3 is 2.67 bits per heavy atom. The number of carbonyl (C=O) groups is 1. The number of aromatic nitrogens is 3. The van der Waals surface area contributed by atoms with E-state index in [-0.39, 0.29) is 18.6 Å². The van der Waals surface area contributed by atoms with Crippen LogP contribution in [0.1, 0.15) is 35.7 Å². The van der Waals surface area contributed by atoms with Crippen LogP contribution >= 0.6 is 0 Å². The fraction of sp³-hybridized carbons (Fsp3) is 0.348. The number of hydrogen-bond acceptors (Lipinski definition) is 5. The smallest absolute Gasteiger partial charge is 0.245 e. The zero-order chi connectivity index (χ0) is 21.1. The topological polar surface area (TPSA) is 69.5 Å². The molecule has 0 saturated heterocycles. The van der Waals surface area contributed by atoms with E-state index in [9.17, 15) is 4.79 Å². The van der Waals surface area contributed by atoms with Crippen molar-refractivity contribution in [2.45, 2.75) is 39.5 Å². The van der Waals surface area contributed by atoms with E-state index in [1.54, 1.807) is 7.11 Å². The SMILES string of the molecule is COc1cc(C)ccc1OCc1nnc2n1[C@@H](C)C(=O)N(CCc1ccccc1)C2. The Balaban J connectivity index is 1.46. The number of amides is 1. The van der Waals surface area contributed by atoms with Crippen LogP contribution in [0.3, 0.4) is 0 Å². The maximum absolute atomic E-state index is 13.0. The summed E-state index contributed by atoms with van der Waals surface area (Å²) in [6.07, 6.45) is 0.816. The predicted octanol–water partition coefficient (Wildman–Crippen LogP) is 3.32. The van der Waals surface area contributed by atoms with E-state index < -0.39 is 0 Å². The minimum absolute atomic E-state index is 0.0763. The summed E-state index contributed by atoms with van der Waals surface area (Å²) in [5, 5.41) is 8.62. The average Bonchev–Trinajstić information content (AvgIpc) is 3.18. The predicted molar refractivity (Wildman–Crippen MR) is 112 cm³/mol. The lowest BCUT2D eigenvalue weighted by molar-refractivity contribution is -0.137. The lowest BCUT2D eigenvalue weighted by Gasteiger charge is -2.32. The summed E-state index contributed by atoms with van der Waals surface area (Å²) in [7, 11) is 1.62. The quantitative estimate of drug-likeness (QED) is 0.602. The Morgan fingerprint density at radius 2 is 1.90 bits per heavy atom. The van der Waals surface area contributed by atoms with Gasteiger partial charge >= 0.3 is 0 Å². The molecule has 0 spiro atoms. The van der Waals surface area contributed by atoms with Gasteiger partial charge in [-0.15, -0.1) is 10.2 Å². The molecule has 1 amide bonds. The summed E-state index contributed by atoms with van der Waals surface area (Å²) in [6, 6.07) is 15.6. The largest absolute Gasteiger partial charge is 0.493 e. The first-order valence-corrected chi connectivity index (χ1v) is 10.1. The van der Waals surface area contributed by atoms with Gasteiger partial charge in [-0.1, -0.05) is 36.4 Å². The van der Waals surface area contributed by atoms with Crippen molar-refractivity contribution in [1.82, 2.24) is 19.7 Å². The van der Waals surface area contributed by atoms with Crippen LogP contribution < -0.4 is 9.47 Å². The third-order valence-corrected chi connectivity index (χ3v) is 5.41. The Kier molecular flexibility index (Phi) is 5.70. The summed E-state index contributed by atoms with van der Waals surface area (Å²) in [4.78, 5) is 14.8. The third-order valence-electron chi connectivity index (χ3n) is 5.41. The molecule has 1 aromatic heterocycles. The number of ether oxygens (including phenoxy) is 2. The minimum atomic E-state index is -0.363. The number of benzene rings is 2. The molecular formula is C23H26N4O3. The zero-order valence-electron chi connectivity index (χ0n) is 17.5. The van der Waals surface area contributed by atoms with Crippen molar-refractivity contribution in [2.75, 3.05) is 13.7 Å². The van der Waals surface area contributed by atoms with E-state index in [1.165, 1.54) is 5.56 Å². The van der Waals surface area contributed by atoms with E-state index in [1.807, 2.05) is 59.7 Å². The molecule has 1 aliphatic heterocycles. The summed E-state index contributed by atoms with van der Waals surface area (Å²) in [5.74, 6) is 2.80. The second-order valence-electron chi connectivity index (χ2n) is 7.52. The molecule has 156 valence electrons. The van der Waals surface area contributed by atoms with E-state index in [0.29, 0.717) is 30.4 Å². The molecule has 0 aliphatic carbocycles. The summed E-state index contributed by atoms with van der Waals surface area (Å²) in [5.41, 5.74) is 2.31. The van der Waals surface area contributed by atoms with Crippen molar-refractivity contribution in [3.8, 4) is 11.5 Å². The highest BCUT2D eigenvalue weighted by atomic mass is 16.5. The van der Waals surface area contributed by atoms with Crippen molar-refractivity contribution in [3.05, 3.63) is 71.3 Å². The monoisotopic (exact) mass is 406 g/mol.